The third-order valence-electron chi connectivity index (χ3n) is 3.81. The quantitative estimate of drug-likeness (QED) is 0.853. The lowest BCUT2D eigenvalue weighted by Crippen LogP contribution is -2.32. The fraction of sp³-hybridized carbons (Fsp3) is 0.333. The highest BCUT2D eigenvalue weighted by molar-refractivity contribution is 6.31. The van der Waals surface area contributed by atoms with Gasteiger partial charge in [-0.3, -0.25) is 0 Å². The van der Waals surface area contributed by atoms with E-state index in [9.17, 15) is 5.26 Å². The number of hydrogen-bond acceptors (Lipinski definition) is 4. The third-order valence-corrected chi connectivity index (χ3v) is 4.18. The van der Waals surface area contributed by atoms with Crippen LogP contribution in [0.5, 0.6) is 5.88 Å². The van der Waals surface area contributed by atoms with Gasteiger partial charge in [-0.05, 0) is 26.0 Å². The van der Waals surface area contributed by atoms with Crippen LogP contribution < -0.4 is 4.74 Å². The number of pyridine rings is 1. The van der Waals surface area contributed by atoms with Crippen LogP contribution in [0, 0.1) is 11.3 Å². The van der Waals surface area contributed by atoms with Gasteiger partial charge >= 0.3 is 0 Å². The van der Waals surface area contributed by atoms with Crippen LogP contribution in [-0.2, 0) is 24.4 Å². The Morgan fingerprint density at radius 3 is 2.91 bits per heavy atom. The summed E-state index contributed by atoms with van der Waals surface area (Å²) >= 11 is 6.13. The first-order valence-corrected chi connectivity index (χ1v) is 7.79. The molecule has 4 nitrogen and oxygen atoms in total. The molecule has 0 saturated heterocycles. The molecular formula is C18H17ClN2O2. The van der Waals surface area contributed by atoms with E-state index in [-0.39, 0.29) is 12.2 Å². The average Bonchev–Trinajstić information content (AvgIpc) is 2.52. The number of hydrogen-bond donors (Lipinski definition) is 0. The molecule has 1 aromatic carbocycles. The van der Waals surface area contributed by atoms with Gasteiger partial charge < -0.3 is 9.47 Å². The maximum atomic E-state index is 9.34. The number of fused-ring (bicyclic) bond motifs is 1. The molecule has 0 N–H and O–H groups in total. The van der Waals surface area contributed by atoms with Crippen LogP contribution in [-0.4, -0.2) is 10.6 Å². The fourth-order valence-corrected chi connectivity index (χ4v) is 2.72. The highest BCUT2D eigenvalue weighted by Crippen LogP contribution is 2.30. The van der Waals surface area contributed by atoms with Crippen LogP contribution in [0.2, 0.25) is 5.02 Å². The number of aromatic nitrogens is 1. The average molecular weight is 329 g/mol. The van der Waals surface area contributed by atoms with Crippen molar-refractivity contribution in [2.24, 2.45) is 0 Å². The Balaban J connectivity index is 1.87. The Hall–Kier alpha value is -2.09. The zero-order valence-electron chi connectivity index (χ0n) is 13.1. The van der Waals surface area contributed by atoms with Crippen molar-refractivity contribution in [1.82, 2.24) is 4.98 Å². The zero-order chi connectivity index (χ0) is 16.4. The molecule has 118 valence electrons. The van der Waals surface area contributed by atoms with Crippen molar-refractivity contribution in [3.63, 3.8) is 0 Å². The summed E-state index contributed by atoms with van der Waals surface area (Å²) in [5.74, 6) is 0.351. The van der Waals surface area contributed by atoms with Gasteiger partial charge in [0.1, 0.15) is 18.2 Å². The zero-order valence-corrected chi connectivity index (χ0v) is 13.9. The maximum Gasteiger partial charge on any atom is 0.232 e. The first-order valence-electron chi connectivity index (χ1n) is 7.41. The summed E-state index contributed by atoms with van der Waals surface area (Å²) in [6.45, 7) is 4.80. The van der Waals surface area contributed by atoms with Gasteiger partial charge in [0.25, 0.3) is 0 Å². The molecule has 0 spiro atoms. The second kappa shape index (κ2) is 6.19. The molecule has 23 heavy (non-hydrogen) atoms. The molecule has 0 unspecified atom stereocenters. The molecule has 0 atom stereocenters. The van der Waals surface area contributed by atoms with E-state index in [1.165, 1.54) is 0 Å². The molecule has 1 aliphatic rings. The highest BCUT2D eigenvalue weighted by Gasteiger charge is 2.28. The Labute approximate surface area is 140 Å². The number of ether oxygens (including phenoxy) is 2. The number of halogens is 1. The van der Waals surface area contributed by atoms with Crippen molar-refractivity contribution in [3.8, 4) is 11.9 Å². The molecule has 0 amide bonds. The summed E-state index contributed by atoms with van der Waals surface area (Å²) in [5.41, 5.74) is 2.90. The van der Waals surface area contributed by atoms with E-state index in [1.54, 1.807) is 6.07 Å². The normalized spacial score (nSPS) is 15.6. The number of nitrogens with zero attached hydrogens (tertiary/aromatic N) is 2. The summed E-state index contributed by atoms with van der Waals surface area (Å²) in [5, 5.41) is 9.98. The molecule has 1 aromatic heterocycles. The molecule has 0 aliphatic carbocycles. The molecule has 3 rings (SSSR count). The lowest BCUT2D eigenvalue weighted by Gasteiger charge is -2.31. The smallest absolute Gasteiger partial charge is 0.232 e. The molecule has 2 heterocycles. The lowest BCUT2D eigenvalue weighted by atomic mass is 9.95. The minimum atomic E-state index is -0.256. The van der Waals surface area contributed by atoms with E-state index in [0.29, 0.717) is 29.5 Å². The van der Waals surface area contributed by atoms with E-state index in [2.05, 4.69) is 11.1 Å². The number of benzene rings is 1. The van der Waals surface area contributed by atoms with Gasteiger partial charge in [-0.15, -0.1) is 0 Å². The molecule has 0 bridgehead atoms. The maximum absolute atomic E-state index is 9.34. The van der Waals surface area contributed by atoms with Crippen LogP contribution in [0.15, 0.2) is 30.3 Å². The van der Waals surface area contributed by atoms with E-state index in [1.807, 2.05) is 38.1 Å². The summed E-state index contributed by atoms with van der Waals surface area (Å²) in [6, 6.07) is 11.4. The molecular weight excluding hydrogens is 312 g/mol. The standard InChI is InChI=1S/C18H17ClN2O2/c1-18(2)8-16-14(11-23-18)7-13(9-20)17(21-16)22-10-12-5-3-4-6-15(12)19/h3-7H,8,10-11H2,1-2H3. The monoisotopic (exact) mass is 328 g/mol. The molecule has 2 aromatic rings. The lowest BCUT2D eigenvalue weighted by molar-refractivity contribution is -0.0414. The predicted molar refractivity (Wildman–Crippen MR) is 87.3 cm³/mol. The van der Waals surface area contributed by atoms with Gasteiger partial charge in [-0.25, -0.2) is 4.98 Å². The van der Waals surface area contributed by atoms with Gasteiger partial charge in [0, 0.05) is 22.6 Å². The Morgan fingerprint density at radius 2 is 2.17 bits per heavy atom. The molecule has 0 fully saturated rings. The van der Waals surface area contributed by atoms with Crippen LogP contribution in [0.3, 0.4) is 0 Å². The second-order valence-corrected chi connectivity index (χ2v) is 6.57. The van der Waals surface area contributed by atoms with Crippen LogP contribution in [0.1, 0.15) is 36.2 Å². The number of rotatable bonds is 3. The van der Waals surface area contributed by atoms with Gasteiger partial charge in [-0.2, -0.15) is 5.26 Å². The summed E-state index contributed by atoms with van der Waals surface area (Å²) in [7, 11) is 0. The van der Waals surface area contributed by atoms with Crippen molar-refractivity contribution >= 4 is 11.6 Å². The Morgan fingerprint density at radius 1 is 1.39 bits per heavy atom. The fourth-order valence-electron chi connectivity index (χ4n) is 2.53. The van der Waals surface area contributed by atoms with Gasteiger partial charge in [-0.1, -0.05) is 29.8 Å². The van der Waals surface area contributed by atoms with Crippen molar-refractivity contribution in [3.05, 3.63) is 57.7 Å². The molecule has 1 aliphatic heterocycles. The molecule has 5 heteroatoms. The van der Waals surface area contributed by atoms with Crippen molar-refractivity contribution in [2.45, 2.75) is 39.1 Å². The van der Waals surface area contributed by atoms with Gasteiger partial charge in [0.15, 0.2) is 0 Å². The predicted octanol–water partition coefficient (Wildman–Crippen LogP) is 4.04. The summed E-state index contributed by atoms with van der Waals surface area (Å²) < 4.78 is 11.5. The van der Waals surface area contributed by atoms with Gasteiger partial charge in [0.05, 0.1) is 17.9 Å². The topological polar surface area (TPSA) is 55.1 Å². The SMILES string of the molecule is CC1(C)Cc2nc(OCc3ccccc3Cl)c(C#N)cc2CO1. The van der Waals surface area contributed by atoms with Crippen molar-refractivity contribution in [2.75, 3.05) is 0 Å². The Bertz CT molecular complexity index is 781. The minimum Gasteiger partial charge on any atom is -0.472 e. The third kappa shape index (κ3) is 3.47. The first kappa shape index (κ1) is 15.8. The van der Waals surface area contributed by atoms with Crippen molar-refractivity contribution in [1.29, 1.82) is 5.26 Å². The van der Waals surface area contributed by atoms with Gasteiger partial charge in [0.2, 0.25) is 5.88 Å². The van der Waals surface area contributed by atoms with Crippen molar-refractivity contribution < 1.29 is 9.47 Å². The molecule has 0 saturated carbocycles. The highest BCUT2D eigenvalue weighted by atomic mass is 35.5. The van der Waals surface area contributed by atoms with E-state index < -0.39 is 0 Å². The van der Waals surface area contributed by atoms with E-state index in [0.717, 1.165) is 16.8 Å². The first-order chi connectivity index (χ1) is 11.0. The number of nitriles is 1. The largest absolute Gasteiger partial charge is 0.472 e. The van der Waals surface area contributed by atoms with Crippen LogP contribution in [0.25, 0.3) is 0 Å². The molecule has 0 radical (unpaired) electrons. The van der Waals surface area contributed by atoms with E-state index >= 15 is 0 Å². The summed E-state index contributed by atoms with van der Waals surface area (Å²) in [6.07, 6.45) is 0.691. The summed E-state index contributed by atoms with van der Waals surface area (Å²) in [4.78, 5) is 4.56. The van der Waals surface area contributed by atoms with Crippen LogP contribution >= 0.6 is 11.6 Å². The minimum absolute atomic E-state index is 0.256. The Kier molecular flexibility index (Phi) is 4.25. The van der Waals surface area contributed by atoms with Crippen LogP contribution in [0.4, 0.5) is 0 Å². The second-order valence-electron chi connectivity index (χ2n) is 6.16. The van der Waals surface area contributed by atoms with E-state index in [4.69, 9.17) is 21.1 Å².